The molecule has 1 fully saturated rings. The molecule has 13 N–H and O–H groups in total. The second-order valence-corrected chi connectivity index (χ2v) is 13.2. The first-order chi connectivity index (χ1) is 27.2. The molecule has 4 atom stereocenters. The summed E-state index contributed by atoms with van der Waals surface area (Å²) in [7, 11) is 0. The van der Waals surface area contributed by atoms with Crippen molar-refractivity contribution in [1.82, 2.24) is 51.8 Å². The molecule has 3 heterocycles. The maximum Gasteiger partial charge on any atom is 0.322 e. The minimum absolute atomic E-state index is 0.00804. The summed E-state index contributed by atoms with van der Waals surface area (Å²) in [5, 5.41) is 24.1. The van der Waals surface area contributed by atoms with E-state index in [1.807, 2.05) is 18.2 Å². The molecule has 3 aromatic rings. The topological polar surface area (TPSA) is 346 Å². The van der Waals surface area contributed by atoms with E-state index in [2.05, 4.69) is 46.9 Å². The number of benzene rings is 1. The van der Waals surface area contributed by atoms with Gasteiger partial charge in [0.15, 0.2) is 0 Å². The van der Waals surface area contributed by atoms with E-state index < -0.39 is 104 Å². The van der Waals surface area contributed by atoms with Crippen LogP contribution in [0.25, 0.3) is 10.9 Å². The molecule has 22 heteroatoms. The first-order valence-corrected chi connectivity index (χ1v) is 18.0. The number of rotatable bonds is 21. The highest BCUT2D eigenvalue weighted by molar-refractivity contribution is 5.96. The number of amides is 8. The lowest BCUT2D eigenvalue weighted by Crippen LogP contribution is -2.56. The Morgan fingerprint density at radius 3 is 2.16 bits per heavy atom. The van der Waals surface area contributed by atoms with E-state index in [-0.39, 0.29) is 32.2 Å². The molecule has 4 rings (SSSR count). The number of likely N-dealkylation sites (tertiary alicyclic amines) is 1. The minimum Gasteiger partial charge on any atom is -0.480 e. The summed E-state index contributed by atoms with van der Waals surface area (Å²) < 4.78 is 0. The van der Waals surface area contributed by atoms with E-state index in [0.29, 0.717) is 24.1 Å². The van der Waals surface area contributed by atoms with Gasteiger partial charge in [-0.15, -0.1) is 0 Å². The highest BCUT2D eigenvalue weighted by atomic mass is 16.4. The summed E-state index contributed by atoms with van der Waals surface area (Å²) >= 11 is 0. The molecule has 0 spiro atoms. The third-order valence-corrected chi connectivity index (χ3v) is 8.95. The normalized spacial score (nSPS) is 15.1. The van der Waals surface area contributed by atoms with Crippen LogP contribution in [0.3, 0.4) is 0 Å². The molecule has 22 nitrogen and oxygen atoms in total. The van der Waals surface area contributed by atoms with Gasteiger partial charge in [-0.3, -0.25) is 43.2 Å². The van der Waals surface area contributed by atoms with Gasteiger partial charge >= 0.3 is 5.97 Å². The maximum atomic E-state index is 13.4. The van der Waals surface area contributed by atoms with Gasteiger partial charge < -0.3 is 63.3 Å². The molecule has 0 unspecified atom stereocenters. The van der Waals surface area contributed by atoms with Crippen LogP contribution in [0.2, 0.25) is 0 Å². The van der Waals surface area contributed by atoms with Gasteiger partial charge in [-0.25, -0.2) is 4.98 Å². The number of hydrogen-bond donors (Lipinski definition) is 11. The zero-order valence-corrected chi connectivity index (χ0v) is 30.8. The Morgan fingerprint density at radius 1 is 0.842 bits per heavy atom. The summed E-state index contributed by atoms with van der Waals surface area (Å²) in [6.45, 7) is -2.18. The van der Waals surface area contributed by atoms with E-state index in [4.69, 9.17) is 16.6 Å². The average molecular weight is 795 g/mol. The van der Waals surface area contributed by atoms with Gasteiger partial charge in [0.2, 0.25) is 47.3 Å². The summed E-state index contributed by atoms with van der Waals surface area (Å²) in [6, 6.07) is 2.88. The number of para-hydroxylation sites is 1. The summed E-state index contributed by atoms with van der Waals surface area (Å²) in [6.07, 6.45) is 5.16. The number of fused-ring (bicyclic) bond motifs is 1. The number of primary amides is 1. The average Bonchev–Trinajstić information content (AvgIpc) is 3.98. The van der Waals surface area contributed by atoms with Crippen LogP contribution in [-0.4, -0.2) is 135 Å². The zero-order valence-electron chi connectivity index (χ0n) is 30.8. The number of H-pyrrole nitrogens is 2. The Hall–Kier alpha value is -6.84. The molecule has 8 amide bonds. The number of carbonyl (C=O) groups excluding carboxylic acids is 8. The first-order valence-electron chi connectivity index (χ1n) is 18.0. The summed E-state index contributed by atoms with van der Waals surface area (Å²) in [5.74, 6) is -6.88. The molecule has 2 aromatic heterocycles. The lowest BCUT2D eigenvalue weighted by Gasteiger charge is -2.28. The van der Waals surface area contributed by atoms with Crippen LogP contribution in [0.5, 0.6) is 0 Å². The number of aromatic amines is 2. The first kappa shape index (κ1) is 42.9. The second kappa shape index (κ2) is 20.7. The molecule has 0 radical (unpaired) electrons. The Kier molecular flexibility index (Phi) is 15.6. The third-order valence-electron chi connectivity index (χ3n) is 8.95. The number of imidazole rings is 1. The number of aliphatic carboxylic acids is 1. The fourth-order valence-corrected chi connectivity index (χ4v) is 6.07. The molecular formula is C35H46N12O10. The smallest absolute Gasteiger partial charge is 0.322 e. The Labute approximate surface area is 325 Å². The van der Waals surface area contributed by atoms with Crippen molar-refractivity contribution >= 4 is 64.1 Å². The number of nitrogens with zero attached hydrogens (tertiary/aromatic N) is 2. The zero-order chi connectivity index (χ0) is 41.5. The lowest BCUT2D eigenvalue weighted by molar-refractivity contribution is -0.140. The van der Waals surface area contributed by atoms with Crippen molar-refractivity contribution < 1.29 is 48.3 Å². The van der Waals surface area contributed by atoms with Gasteiger partial charge in [-0.2, -0.15) is 0 Å². The van der Waals surface area contributed by atoms with Crippen molar-refractivity contribution in [2.24, 2.45) is 11.5 Å². The van der Waals surface area contributed by atoms with E-state index in [0.717, 1.165) is 10.9 Å². The van der Waals surface area contributed by atoms with Gasteiger partial charge in [-0.1, -0.05) is 18.2 Å². The number of aromatic nitrogens is 3. The molecule has 57 heavy (non-hydrogen) atoms. The third kappa shape index (κ3) is 13.2. The Bertz CT molecular complexity index is 1950. The lowest BCUT2D eigenvalue weighted by atomic mass is 10.0. The summed E-state index contributed by atoms with van der Waals surface area (Å²) in [4.78, 5) is 123. The fourth-order valence-electron chi connectivity index (χ4n) is 6.07. The highest BCUT2D eigenvalue weighted by Gasteiger charge is 2.37. The van der Waals surface area contributed by atoms with Crippen LogP contribution >= 0.6 is 0 Å². The quantitative estimate of drug-likeness (QED) is 0.0489. The van der Waals surface area contributed by atoms with Crippen molar-refractivity contribution in [2.75, 3.05) is 32.7 Å². The molecule has 0 bridgehead atoms. The molecule has 1 aliphatic heterocycles. The van der Waals surface area contributed by atoms with Crippen molar-refractivity contribution in [3.05, 3.63) is 54.2 Å². The van der Waals surface area contributed by atoms with E-state index in [9.17, 15) is 43.2 Å². The predicted molar refractivity (Wildman–Crippen MR) is 199 cm³/mol. The van der Waals surface area contributed by atoms with Gasteiger partial charge in [0.25, 0.3) is 0 Å². The number of carbonyl (C=O) groups is 9. The van der Waals surface area contributed by atoms with Gasteiger partial charge in [0.05, 0.1) is 32.0 Å². The van der Waals surface area contributed by atoms with E-state index in [1.165, 1.54) is 17.4 Å². The molecule has 306 valence electrons. The monoisotopic (exact) mass is 794 g/mol. The van der Waals surface area contributed by atoms with Crippen LogP contribution in [-0.2, 0) is 56.0 Å². The van der Waals surface area contributed by atoms with E-state index >= 15 is 0 Å². The van der Waals surface area contributed by atoms with Crippen molar-refractivity contribution in [3.8, 4) is 0 Å². The minimum atomic E-state index is -1.28. The predicted octanol–water partition coefficient (Wildman–Crippen LogP) is -4.22. The fraction of sp³-hybridized carbons (Fsp3) is 0.429. The Balaban J connectivity index is 1.25. The molecule has 1 aliphatic rings. The van der Waals surface area contributed by atoms with Gasteiger partial charge in [-0.05, 0) is 30.9 Å². The SMILES string of the molecule is NC(=O)CC[C@H](N)C(=O)N1CCC[C@H]1C(=O)N[C@@H](Cc1cnc[nH]1)C(=O)NCC(=O)NCC(=O)NCC(=O)N[C@@H](Cc1c[nH]c2ccccc12)C(=O)NCC(=O)O. The van der Waals surface area contributed by atoms with Gasteiger partial charge in [0, 0.05) is 54.8 Å². The van der Waals surface area contributed by atoms with E-state index in [1.54, 1.807) is 12.3 Å². The van der Waals surface area contributed by atoms with Crippen LogP contribution < -0.4 is 43.4 Å². The van der Waals surface area contributed by atoms with Crippen LogP contribution in [0.1, 0.15) is 36.9 Å². The van der Waals surface area contributed by atoms with Crippen LogP contribution in [0.15, 0.2) is 43.0 Å². The van der Waals surface area contributed by atoms with Gasteiger partial charge in [0.1, 0.15) is 24.7 Å². The second-order valence-electron chi connectivity index (χ2n) is 13.2. The van der Waals surface area contributed by atoms with Crippen molar-refractivity contribution in [1.29, 1.82) is 0 Å². The molecule has 0 saturated carbocycles. The van der Waals surface area contributed by atoms with Crippen LogP contribution in [0, 0.1) is 0 Å². The molecular weight excluding hydrogens is 748 g/mol. The number of carboxylic acids is 1. The molecule has 1 aromatic carbocycles. The van der Waals surface area contributed by atoms with Crippen molar-refractivity contribution in [3.63, 3.8) is 0 Å². The summed E-state index contributed by atoms with van der Waals surface area (Å²) in [5.41, 5.74) is 13.1. The van der Waals surface area contributed by atoms with Crippen molar-refractivity contribution in [2.45, 2.75) is 62.7 Å². The number of nitrogens with two attached hydrogens (primary N) is 2. The molecule has 1 saturated heterocycles. The number of carboxylic acid groups (broad SMARTS) is 1. The maximum absolute atomic E-state index is 13.4. The standard InChI is InChI=1S/C35H46N12O10/c36-22(7-8-27(37)48)35(57)47-9-3-6-26(47)34(56)46-25(11-20-13-38-18-44-20)33(55)42-15-29(50)40-14-28(49)41-16-30(51)45-24(32(54)43-17-31(52)53)10-19-12-39-23-5-2-1-4-21(19)23/h1-2,4-5,12-13,18,22,24-26,39H,3,6-11,14-17,36H2,(H2,37,48)(H,38,44)(H,40,50)(H,41,49)(H,42,55)(H,43,54)(H,45,51)(H,46,56)(H,52,53)/t22-,24-,25-,26-/m0/s1. The number of nitrogens with one attached hydrogen (secondary N) is 8. The molecule has 0 aliphatic carbocycles. The van der Waals surface area contributed by atoms with Crippen LogP contribution in [0.4, 0.5) is 0 Å². The number of hydrogen-bond acceptors (Lipinski definition) is 11. The Morgan fingerprint density at radius 2 is 1.49 bits per heavy atom. The largest absolute Gasteiger partial charge is 0.480 e. The highest BCUT2D eigenvalue weighted by Crippen LogP contribution is 2.20.